The first-order valence-corrected chi connectivity index (χ1v) is 4.86. The second-order valence-corrected chi connectivity index (χ2v) is 3.37. The van der Waals surface area contributed by atoms with Crippen molar-refractivity contribution in [3.05, 3.63) is 32.6 Å². The Morgan fingerprint density at radius 2 is 2.29 bits per heavy atom. The Morgan fingerprint density at radius 3 is 2.76 bits per heavy atom. The smallest absolute Gasteiger partial charge is 0.340 e. The Morgan fingerprint density at radius 1 is 1.71 bits per heavy atom. The van der Waals surface area contributed by atoms with Crippen molar-refractivity contribution in [2.75, 3.05) is 12.3 Å². The number of esters is 1. The van der Waals surface area contributed by atoms with Gasteiger partial charge in [-0.2, -0.15) is 4.39 Å². The highest BCUT2D eigenvalue weighted by Gasteiger charge is 2.28. The zero-order valence-corrected chi connectivity index (χ0v) is 9.45. The van der Waals surface area contributed by atoms with E-state index in [0.717, 1.165) is 6.07 Å². The van der Waals surface area contributed by atoms with Gasteiger partial charge >= 0.3 is 11.7 Å². The number of anilines is 1. The van der Waals surface area contributed by atoms with E-state index in [0.29, 0.717) is 0 Å². The maximum atomic E-state index is 13.3. The highest BCUT2D eigenvalue weighted by Crippen LogP contribution is 2.34. The number of hydrogen-bond donors (Lipinski definition) is 1. The van der Waals surface area contributed by atoms with Gasteiger partial charge in [-0.25, -0.2) is 4.79 Å². The van der Waals surface area contributed by atoms with Crippen LogP contribution in [-0.2, 0) is 4.74 Å². The fourth-order valence-corrected chi connectivity index (χ4v) is 1.38. The topological polar surface area (TPSA) is 95.5 Å². The number of hydrogen-bond acceptors (Lipinski definition) is 5. The summed E-state index contributed by atoms with van der Waals surface area (Å²) in [5, 5.41) is 10.0. The van der Waals surface area contributed by atoms with Crippen LogP contribution >= 0.6 is 11.6 Å². The van der Waals surface area contributed by atoms with Crippen molar-refractivity contribution in [3.8, 4) is 0 Å². The molecule has 0 saturated carbocycles. The zero-order valence-electron chi connectivity index (χ0n) is 8.70. The van der Waals surface area contributed by atoms with Gasteiger partial charge in [-0.3, -0.25) is 10.1 Å². The summed E-state index contributed by atoms with van der Waals surface area (Å²) in [6.45, 7) is 1.61. The third-order valence-electron chi connectivity index (χ3n) is 1.91. The van der Waals surface area contributed by atoms with E-state index >= 15 is 0 Å². The van der Waals surface area contributed by atoms with Crippen LogP contribution < -0.4 is 5.73 Å². The summed E-state index contributed by atoms with van der Waals surface area (Å²) in [6.07, 6.45) is 0. The molecular weight excluding hydrogens is 255 g/mol. The largest absolute Gasteiger partial charge is 0.462 e. The molecule has 17 heavy (non-hydrogen) atoms. The average Bonchev–Trinajstić information content (AvgIpc) is 2.23. The van der Waals surface area contributed by atoms with Crippen LogP contribution in [0.2, 0.25) is 5.02 Å². The van der Waals surface area contributed by atoms with Gasteiger partial charge in [0.1, 0.15) is 5.69 Å². The number of ether oxygens (including phenoxy) is 1. The summed E-state index contributed by atoms with van der Waals surface area (Å²) in [7, 11) is 0. The van der Waals surface area contributed by atoms with Gasteiger partial charge in [-0.05, 0) is 13.0 Å². The van der Waals surface area contributed by atoms with E-state index in [2.05, 4.69) is 4.74 Å². The molecule has 0 aromatic heterocycles. The van der Waals surface area contributed by atoms with Crippen molar-refractivity contribution in [3.63, 3.8) is 0 Å². The molecule has 8 heteroatoms. The van der Waals surface area contributed by atoms with Crippen molar-refractivity contribution in [1.82, 2.24) is 0 Å². The lowest BCUT2D eigenvalue weighted by Gasteiger charge is -2.07. The van der Waals surface area contributed by atoms with Crippen molar-refractivity contribution in [1.29, 1.82) is 0 Å². The molecule has 0 heterocycles. The number of nitro groups is 1. The van der Waals surface area contributed by atoms with Crippen molar-refractivity contribution >= 4 is 28.9 Å². The molecule has 1 aromatic rings. The molecule has 0 unspecified atom stereocenters. The van der Waals surface area contributed by atoms with Crippen LogP contribution in [0.15, 0.2) is 6.07 Å². The third kappa shape index (κ3) is 2.44. The van der Waals surface area contributed by atoms with Gasteiger partial charge in [0.15, 0.2) is 0 Å². The van der Waals surface area contributed by atoms with Gasteiger partial charge in [-0.1, -0.05) is 11.6 Å². The predicted octanol–water partition coefficient (Wildman–Crippen LogP) is 2.15. The minimum atomic E-state index is -1.28. The van der Waals surface area contributed by atoms with Crippen LogP contribution in [0.1, 0.15) is 17.3 Å². The van der Waals surface area contributed by atoms with E-state index in [1.54, 1.807) is 6.92 Å². The zero-order chi connectivity index (χ0) is 13.2. The molecule has 0 spiro atoms. The molecule has 0 aliphatic heterocycles. The molecule has 0 aliphatic carbocycles. The number of rotatable bonds is 3. The quantitative estimate of drug-likeness (QED) is 0.390. The first-order chi connectivity index (χ1) is 7.90. The first-order valence-electron chi connectivity index (χ1n) is 4.49. The highest BCUT2D eigenvalue weighted by molar-refractivity contribution is 6.31. The minimum absolute atomic E-state index is 0.0566. The molecule has 0 saturated heterocycles. The molecule has 92 valence electrons. The summed E-state index contributed by atoms with van der Waals surface area (Å²) in [5.41, 5.74) is 3.39. The standard InChI is InChI=1S/C9H8ClFN2O4/c1-2-17-9(14)4-3-5(10)6(11)8(7(4)12)13(15)16/h3H,2,12H2,1H3. The number of nitro benzene ring substituents is 1. The lowest BCUT2D eigenvalue weighted by Crippen LogP contribution is -2.11. The highest BCUT2D eigenvalue weighted by atomic mass is 35.5. The van der Waals surface area contributed by atoms with Crippen LogP contribution in [0.5, 0.6) is 0 Å². The second kappa shape index (κ2) is 4.96. The molecule has 0 atom stereocenters. The molecular formula is C9H8ClFN2O4. The van der Waals surface area contributed by atoms with E-state index in [-0.39, 0.29) is 12.2 Å². The fourth-order valence-electron chi connectivity index (χ4n) is 1.18. The van der Waals surface area contributed by atoms with Crippen LogP contribution in [0.25, 0.3) is 0 Å². The number of carbonyl (C=O) groups is 1. The summed E-state index contributed by atoms with van der Waals surface area (Å²) in [6, 6.07) is 0.900. The van der Waals surface area contributed by atoms with Crippen molar-refractivity contribution in [2.45, 2.75) is 6.92 Å². The second-order valence-electron chi connectivity index (χ2n) is 2.96. The monoisotopic (exact) mass is 262 g/mol. The first kappa shape index (κ1) is 13.2. The van der Waals surface area contributed by atoms with E-state index in [9.17, 15) is 19.3 Å². The summed E-state index contributed by atoms with van der Waals surface area (Å²) >= 11 is 5.44. The minimum Gasteiger partial charge on any atom is -0.462 e. The van der Waals surface area contributed by atoms with Crippen LogP contribution in [-0.4, -0.2) is 17.5 Å². The Bertz CT molecular complexity index is 492. The Balaban J connectivity index is 3.44. The molecule has 0 radical (unpaired) electrons. The van der Waals surface area contributed by atoms with Gasteiger partial charge in [0.2, 0.25) is 5.82 Å². The molecule has 1 rings (SSSR count). The fraction of sp³-hybridized carbons (Fsp3) is 0.222. The maximum absolute atomic E-state index is 13.3. The molecule has 6 nitrogen and oxygen atoms in total. The number of nitrogens with two attached hydrogens (primary N) is 1. The van der Waals surface area contributed by atoms with Gasteiger partial charge < -0.3 is 10.5 Å². The summed E-state index contributed by atoms with van der Waals surface area (Å²) < 4.78 is 18.0. The lowest BCUT2D eigenvalue weighted by molar-refractivity contribution is -0.386. The Labute approximate surface area is 100 Å². The number of halogens is 2. The SMILES string of the molecule is CCOC(=O)c1cc(Cl)c(F)c([N+](=O)[O-])c1N. The molecule has 0 fully saturated rings. The van der Waals surface area contributed by atoms with Gasteiger partial charge in [-0.15, -0.1) is 0 Å². The van der Waals surface area contributed by atoms with E-state index in [4.69, 9.17) is 17.3 Å². The molecule has 0 bridgehead atoms. The Kier molecular flexibility index (Phi) is 3.84. The Hall–Kier alpha value is -1.89. The third-order valence-corrected chi connectivity index (χ3v) is 2.19. The normalized spacial score (nSPS) is 10.1. The number of benzene rings is 1. The number of nitrogens with zero attached hydrogens (tertiary/aromatic N) is 1. The van der Waals surface area contributed by atoms with E-state index in [1.165, 1.54) is 0 Å². The van der Waals surface area contributed by atoms with Crippen LogP contribution in [0.4, 0.5) is 15.8 Å². The summed E-state index contributed by atoms with van der Waals surface area (Å²) in [5.74, 6) is -2.17. The maximum Gasteiger partial charge on any atom is 0.340 e. The van der Waals surface area contributed by atoms with Gasteiger partial charge in [0, 0.05) is 0 Å². The van der Waals surface area contributed by atoms with Gasteiger partial charge in [0.25, 0.3) is 0 Å². The summed E-state index contributed by atoms with van der Waals surface area (Å²) in [4.78, 5) is 21.0. The van der Waals surface area contributed by atoms with E-state index < -0.39 is 33.1 Å². The molecule has 0 amide bonds. The number of carbonyl (C=O) groups excluding carboxylic acids is 1. The molecule has 1 aromatic carbocycles. The van der Waals surface area contributed by atoms with Crippen molar-refractivity contribution in [2.24, 2.45) is 0 Å². The van der Waals surface area contributed by atoms with Gasteiger partial charge in [0.05, 0.1) is 22.1 Å². The van der Waals surface area contributed by atoms with Crippen LogP contribution in [0, 0.1) is 15.9 Å². The van der Waals surface area contributed by atoms with Crippen molar-refractivity contribution < 1.29 is 18.8 Å². The average molecular weight is 263 g/mol. The van der Waals surface area contributed by atoms with E-state index in [1.807, 2.05) is 0 Å². The molecule has 0 aliphatic rings. The molecule has 2 N–H and O–H groups in total. The lowest BCUT2D eigenvalue weighted by atomic mass is 10.1. The number of nitrogen functional groups attached to an aromatic ring is 1. The van der Waals surface area contributed by atoms with Crippen LogP contribution in [0.3, 0.4) is 0 Å². The predicted molar refractivity (Wildman–Crippen MR) is 58.4 cm³/mol.